The molecule has 0 spiro atoms. The van der Waals surface area contributed by atoms with Crippen molar-refractivity contribution < 1.29 is 0 Å². The highest BCUT2D eigenvalue weighted by molar-refractivity contribution is 6.30. The van der Waals surface area contributed by atoms with Crippen molar-refractivity contribution in [3.8, 4) is 0 Å². The van der Waals surface area contributed by atoms with Crippen molar-refractivity contribution in [3.05, 3.63) is 28.8 Å². The number of hydrogen-bond acceptors (Lipinski definition) is 2. The zero-order valence-electron chi connectivity index (χ0n) is 13.8. The van der Waals surface area contributed by atoms with Crippen molar-refractivity contribution in [2.24, 2.45) is 11.8 Å². The molecule has 3 heteroatoms. The van der Waals surface area contributed by atoms with E-state index in [-0.39, 0.29) is 0 Å². The Hall–Kier alpha value is -0.730. The van der Waals surface area contributed by atoms with E-state index in [4.69, 9.17) is 11.6 Å². The van der Waals surface area contributed by atoms with Crippen LogP contribution in [-0.4, -0.2) is 19.1 Å². The Morgan fingerprint density at radius 2 is 1.76 bits per heavy atom. The molecule has 118 valence electrons. The van der Waals surface area contributed by atoms with Gasteiger partial charge in [0.25, 0.3) is 0 Å². The molecule has 1 aromatic carbocycles. The van der Waals surface area contributed by atoms with Crippen molar-refractivity contribution in [1.82, 2.24) is 5.32 Å². The molecule has 0 saturated heterocycles. The van der Waals surface area contributed by atoms with E-state index in [2.05, 4.69) is 50.0 Å². The van der Waals surface area contributed by atoms with Crippen LogP contribution in [0, 0.1) is 11.8 Å². The number of rotatable bonds is 8. The van der Waals surface area contributed by atoms with Crippen LogP contribution in [0.15, 0.2) is 18.2 Å². The molecule has 2 nitrogen and oxygen atoms in total. The van der Waals surface area contributed by atoms with Crippen LogP contribution in [0.1, 0.15) is 46.1 Å². The molecule has 0 bridgehead atoms. The van der Waals surface area contributed by atoms with E-state index >= 15 is 0 Å². The van der Waals surface area contributed by atoms with Crippen LogP contribution in [0.5, 0.6) is 0 Å². The van der Waals surface area contributed by atoms with Gasteiger partial charge in [0.15, 0.2) is 0 Å². The van der Waals surface area contributed by atoms with Gasteiger partial charge in [0.05, 0.1) is 0 Å². The normalized spacial score (nSPS) is 15.0. The molecule has 1 aliphatic rings. The summed E-state index contributed by atoms with van der Waals surface area (Å²) in [6, 6.07) is 7.06. The van der Waals surface area contributed by atoms with Crippen molar-refractivity contribution in [2.75, 3.05) is 18.0 Å². The van der Waals surface area contributed by atoms with Crippen molar-refractivity contribution in [1.29, 1.82) is 0 Å². The number of hydrogen-bond donors (Lipinski definition) is 1. The van der Waals surface area contributed by atoms with Crippen LogP contribution in [0.3, 0.4) is 0 Å². The Labute approximate surface area is 134 Å². The average Bonchev–Trinajstić information content (AvgIpc) is 3.18. The fourth-order valence-corrected chi connectivity index (χ4v) is 2.89. The van der Waals surface area contributed by atoms with Gasteiger partial charge in [-0.1, -0.05) is 39.3 Å². The molecule has 0 radical (unpaired) electrons. The van der Waals surface area contributed by atoms with Crippen molar-refractivity contribution in [3.63, 3.8) is 0 Å². The Kier molecular flexibility index (Phi) is 5.95. The zero-order valence-corrected chi connectivity index (χ0v) is 14.6. The molecule has 2 rings (SSSR count). The van der Waals surface area contributed by atoms with Gasteiger partial charge in [-0.2, -0.15) is 0 Å². The molecule has 0 aliphatic heterocycles. The Morgan fingerprint density at radius 3 is 2.29 bits per heavy atom. The van der Waals surface area contributed by atoms with Gasteiger partial charge in [0.1, 0.15) is 0 Å². The van der Waals surface area contributed by atoms with Gasteiger partial charge in [-0.3, -0.25) is 0 Å². The van der Waals surface area contributed by atoms with Crippen LogP contribution in [-0.2, 0) is 6.54 Å². The topological polar surface area (TPSA) is 15.3 Å². The van der Waals surface area contributed by atoms with E-state index in [1.807, 2.05) is 6.07 Å². The number of benzene rings is 1. The second kappa shape index (κ2) is 7.51. The first-order valence-corrected chi connectivity index (χ1v) is 8.60. The maximum Gasteiger partial charge on any atom is 0.0413 e. The van der Waals surface area contributed by atoms with Crippen LogP contribution in [0.4, 0.5) is 5.69 Å². The summed E-state index contributed by atoms with van der Waals surface area (Å²) >= 11 is 6.22. The third kappa shape index (κ3) is 5.52. The second-order valence-electron chi connectivity index (χ2n) is 7.12. The molecule has 0 atom stereocenters. The highest BCUT2D eigenvalue weighted by Crippen LogP contribution is 2.27. The van der Waals surface area contributed by atoms with Crippen LogP contribution >= 0.6 is 11.6 Å². The summed E-state index contributed by atoms with van der Waals surface area (Å²) in [6.45, 7) is 12.2. The van der Waals surface area contributed by atoms with Gasteiger partial charge in [0.2, 0.25) is 0 Å². The van der Waals surface area contributed by atoms with E-state index in [1.54, 1.807) is 0 Å². The summed E-state index contributed by atoms with van der Waals surface area (Å²) in [4.78, 5) is 2.52. The molecule has 0 aromatic heterocycles. The minimum atomic E-state index is 0.656. The summed E-state index contributed by atoms with van der Waals surface area (Å²) in [7, 11) is 0. The minimum absolute atomic E-state index is 0.656. The van der Waals surface area contributed by atoms with Gasteiger partial charge in [-0.05, 0) is 48.4 Å². The molecular formula is C18H29ClN2. The minimum Gasteiger partial charge on any atom is -0.371 e. The molecule has 0 unspecified atom stereocenters. The third-order valence-electron chi connectivity index (χ3n) is 3.71. The predicted molar refractivity (Wildman–Crippen MR) is 93.2 cm³/mol. The van der Waals surface area contributed by atoms with E-state index in [1.165, 1.54) is 24.1 Å². The first-order chi connectivity index (χ1) is 9.95. The van der Waals surface area contributed by atoms with Crippen molar-refractivity contribution >= 4 is 17.3 Å². The highest BCUT2D eigenvalue weighted by atomic mass is 35.5. The van der Waals surface area contributed by atoms with Crippen LogP contribution in [0.25, 0.3) is 0 Å². The van der Waals surface area contributed by atoms with Gasteiger partial charge >= 0.3 is 0 Å². The van der Waals surface area contributed by atoms with Gasteiger partial charge in [-0.25, -0.2) is 0 Å². The molecule has 0 amide bonds. The molecular weight excluding hydrogens is 280 g/mol. The second-order valence-corrected chi connectivity index (χ2v) is 7.56. The lowest BCUT2D eigenvalue weighted by atomic mass is 10.1. The molecule has 1 aliphatic carbocycles. The zero-order chi connectivity index (χ0) is 15.4. The van der Waals surface area contributed by atoms with E-state index < -0.39 is 0 Å². The Bertz CT molecular complexity index is 443. The number of halogens is 1. The standard InChI is InChI=1S/C18H29ClN2/c1-13(2)11-21(12-14(3)4)18-8-5-16(19)9-15(18)10-20-17-6-7-17/h5,8-9,13-14,17,20H,6-7,10-12H2,1-4H3. The maximum absolute atomic E-state index is 6.22. The summed E-state index contributed by atoms with van der Waals surface area (Å²) in [5.74, 6) is 1.31. The predicted octanol–water partition coefficient (Wildman–Crippen LogP) is 4.71. The third-order valence-corrected chi connectivity index (χ3v) is 3.95. The van der Waals surface area contributed by atoms with Crippen LogP contribution in [0.2, 0.25) is 5.02 Å². The largest absolute Gasteiger partial charge is 0.371 e. The molecule has 1 saturated carbocycles. The average molecular weight is 309 g/mol. The lowest BCUT2D eigenvalue weighted by Crippen LogP contribution is -2.32. The quantitative estimate of drug-likeness (QED) is 0.748. The monoisotopic (exact) mass is 308 g/mol. The smallest absolute Gasteiger partial charge is 0.0413 e. The first kappa shape index (κ1) is 16.6. The number of nitrogens with zero attached hydrogens (tertiary/aromatic N) is 1. The lowest BCUT2D eigenvalue weighted by molar-refractivity contribution is 0.550. The first-order valence-electron chi connectivity index (χ1n) is 8.22. The summed E-state index contributed by atoms with van der Waals surface area (Å²) in [5, 5.41) is 4.45. The summed E-state index contributed by atoms with van der Waals surface area (Å²) in [6.07, 6.45) is 2.63. The Morgan fingerprint density at radius 1 is 1.14 bits per heavy atom. The van der Waals surface area contributed by atoms with Crippen molar-refractivity contribution in [2.45, 2.75) is 53.1 Å². The lowest BCUT2D eigenvalue weighted by Gasteiger charge is -2.30. The number of nitrogens with one attached hydrogen (secondary N) is 1. The fraction of sp³-hybridized carbons (Fsp3) is 0.667. The van der Waals surface area contributed by atoms with E-state index in [0.29, 0.717) is 11.8 Å². The van der Waals surface area contributed by atoms with E-state index in [0.717, 1.165) is 30.7 Å². The van der Waals surface area contributed by atoms with Gasteiger partial charge in [0, 0.05) is 36.4 Å². The SMILES string of the molecule is CC(C)CN(CC(C)C)c1ccc(Cl)cc1CNC1CC1. The Balaban J connectivity index is 2.19. The summed E-state index contributed by atoms with van der Waals surface area (Å²) < 4.78 is 0. The fourth-order valence-electron chi connectivity index (χ4n) is 2.70. The van der Waals surface area contributed by atoms with E-state index in [9.17, 15) is 0 Å². The number of anilines is 1. The summed E-state index contributed by atoms with van der Waals surface area (Å²) in [5.41, 5.74) is 2.67. The van der Waals surface area contributed by atoms with Gasteiger partial charge < -0.3 is 10.2 Å². The molecule has 1 N–H and O–H groups in total. The molecule has 1 aromatic rings. The maximum atomic E-state index is 6.22. The van der Waals surface area contributed by atoms with Crippen LogP contribution < -0.4 is 10.2 Å². The molecule has 1 fully saturated rings. The highest BCUT2D eigenvalue weighted by Gasteiger charge is 2.21. The molecule has 0 heterocycles. The molecule has 21 heavy (non-hydrogen) atoms. The van der Waals surface area contributed by atoms with Gasteiger partial charge in [-0.15, -0.1) is 0 Å².